The maximum absolute atomic E-state index is 11.9. The summed E-state index contributed by atoms with van der Waals surface area (Å²) < 4.78 is 27.9. The summed E-state index contributed by atoms with van der Waals surface area (Å²) in [6.45, 7) is -3.05. The minimum atomic E-state index is -3.05. The van der Waals surface area contributed by atoms with E-state index in [2.05, 4.69) is 4.74 Å². The molecule has 0 N–H and O–H groups in total. The molecule has 0 aliphatic heterocycles. The summed E-state index contributed by atoms with van der Waals surface area (Å²) in [6, 6.07) is 2.60. The average Bonchev–Trinajstić information content (AvgIpc) is 2.11. The summed E-state index contributed by atoms with van der Waals surface area (Å²) >= 11 is 11.1. The monoisotopic (exact) mass is 240 g/mol. The van der Waals surface area contributed by atoms with Gasteiger partial charge in [-0.25, -0.2) is 0 Å². The van der Waals surface area contributed by atoms with E-state index in [1.54, 1.807) is 0 Å². The zero-order chi connectivity index (χ0) is 10.7. The molecule has 76 valence electrons. The van der Waals surface area contributed by atoms with Crippen molar-refractivity contribution in [2.45, 2.75) is 6.61 Å². The lowest BCUT2D eigenvalue weighted by molar-refractivity contribution is -0.0499. The van der Waals surface area contributed by atoms with Crippen LogP contribution in [0.2, 0.25) is 10.0 Å². The molecule has 0 atom stereocenters. The van der Waals surface area contributed by atoms with Crippen molar-refractivity contribution in [3.05, 3.63) is 27.7 Å². The van der Waals surface area contributed by atoms with Crippen molar-refractivity contribution in [2.24, 2.45) is 0 Å². The van der Waals surface area contributed by atoms with Gasteiger partial charge in [0.25, 0.3) is 0 Å². The van der Waals surface area contributed by atoms with E-state index in [1.807, 2.05) is 0 Å². The number of hydrogen-bond donors (Lipinski definition) is 0. The molecule has 0 radical (unpaired) electrons. The maximum Gasteiger partial charge on any atom is 0.387 e. The zero-order valence-electron chi connectivity index (χ0n) is 6.64. The molecule has 0 aliphatic rings. The van der Waals surface area contributed by atoms with Gasteiger partial charge in [0.15, 0.2) is 12.0 Å². The molecular weight excluding hydrogens is 237 g/mol. The van der Waals surface area contributed by atoms with Gasteiger partial charge in [-0.2, -0.15) is 8.78 Å². The van der Waals surface area contributed by atoms with E-state index in [1.165, 1.54) is 12.1 Å². The molecule has 0 spiro atoms. The maximum atomic E-state index is 11.9. The molecule has 0 amide bonds. The minimum absolute atomic E-state index is 0.0139. The van der Waals surface area contributed by atoms with Crippen LogP contribution in [0, 0.1) is 0 Å². The van der Waals surface area contributed by atoms with Crippen molar-refractivity contribution in [1.82, 2.24) is 0 Å². The lowest BCUT2D eigenvalue weighted by atomic mass is 10.2. The van der Waals surface area contributed by atoms with Crippen molar-refractivity contribution in [3.8, 4) is 5.75 Å². The number of benzene rings is 1. The molecule has 2 nitrogen and oxygen atoms in total. The second-order valence-electron chi connectivity index (χ2n) is 2.27. The van der Waals surface area contributed by atoms with Gasteiger partial charge in [0.2, 0.25) is 0 Å². The van der Waals surface area contributed by atoms with E-state index in [-0.39, 0.29) is 15.6 Å². The number of hydrogen-bond acceptors (Lipinski definition) is 2. The minimum Gasteiger partial charge on any atom is -0.432 e. The van der Waals surface area contributed by atoms with Crippen LogP contribution >= 0.6 is 23.2 Å². The first kappa shape index (κ1) is 11.2. The number of ether oxygens (including phenoxy) is 1. The Bertz CT molecular complexity index is 355. The van der Waals surface area contributed by atoms with Gasteiger partial charge < -0.3 is 4.74 Å². The highest BCUT2D eigenvalue weighted by atomic mass is 35.5. The third kappa shape index (κ3) is 2.33. The normalized spacial score (nSPS) is 10.4. The summed E-state index contributed by atoms with van der Waals surface area (Å²) in [7, 11) is 0. The van der Waals surface area contributed by atoms with Crippen LogP contribution in [0.1, 0.15) is 10.4 Å². The molecular formula is C8H4Cl2F2O2. The summed E-state index contributed by atoms with van der Waals surface area (Å²) in [5.74, 6) is -0.399. The third-order valence-corrected chi connectivity index (χ3v) is 2.05. The number of carbonyl (C=O) groups excluding carboxylic acids is 1. The number of aldehydes is 1. The highest BCUT2D eigenvalue weighted by molar-refractivity contribution is 6.36. The molecule has 0 saturated carbocycles. The predicted molar refractivity (Wildman–Crippen MR) is 48.5 cm³/mol. The highest BCUT2D eigenvalue weighted by Gasteiger charge is 2.15. The van der Waals surface area contributed by atoms with Gasteiger partial charge in [-0.3, -0.25) is 4.79 Å². The predicted octanol–water partition coefficient (Wildman–Crippen LogP) is 3.41. The molecule has 0 heterocycles. The van der Waals surface area contributed by atoms with E-state index in [4.69, 9.17) is 23.2 Å². The van der Waals surface area contributed by atoms with Crippen LogP contribution in [0.15, 0.2) is 12.1 Å². The fraction of sp³-hybridized carbons (Fsp3) is 0.125. The Morgan fingerprint density at radius 3 is 2.36 bits per heavy atom. The molecule has 0 aromatic heterocycles. The summed E-state index contributed by atoms with van der Waals surface area (Å²) in [4.78, 5) is 10.5. The standard InChI is InChI=1S/C8H4Cl2F2O2/c9-5-1-2-6(10)7(4(5)3-13)14-8(11)12/h1-3,8H. The topological polar surface area (TPSA) is 26.3 Å². The van der Waals surface area contributed by atoms with Crippen molar-refractivity contribution < 1.29 is 18.3 Å². The molecule has 0 unspecified atom stereocenters. The second-order valence-corrected chi connectivity index (χ2v) is 3.08. The number of rotatable bonds is 3. The van der Waals surface area contributed by atoms with Crippen molar-refractivity contribution in [1.29, 1.82) is 0 Å². The van der Waals surface area contributed by atoms with Crippen LogP contribution in [0.3, 0.4) is 0 Å². The largest absolute Gasteiger partial charge is 0.432 e. The molecule has 6 heteroatoms. The second kappa shape index (κ2) is 4.57. The molecule has 0 fully saturated rings. The summed E-state index contributed by atoms with van der Waals surface area (Å²) in [6.07, 6.45) is 0.311. The Kier molecular flexibility index (Phi) is 3.66. The van der Waals surface area contributed by atoms with E-state index >= 15 is 0 Å². The lowest BCUT2D eigenvalue weighted by Gasteiger charge is -2.09. The van der Waals surface area contributed by atoms with E-state index < -0.39 is 12.4 Å². The highest BCUT2D eigenvalue weighted by Crippen LogP contribution is 2.33. The van der Waals surface area contributed by atoms with Crippen LogP contribution in [-0.4, -0.2) is 12.9 Å². The van der Waals surface area contributed by atoms with Gasteiger partial charge in [-0.1, -0.05) is 23.2 Å². The van der Waals surface area contributed by atoms with Crippen molar-refractivity contribution in [3.63, 3.8) is 0 Å². The summed E-state index contributed by atoms with van der Waals surface area (Å²) in [5.41, 5.74) is -0.181. The Morgan fingerprint density at radius 1 is 1.29 bits per heavy atom. The molecule has 1 aromatic rings. The number of halogens is 4. The van der Waals surface area contributed by atoms with Crippen LogP contribution in [-0.2, 0) is 0 Å². The molecule has 0 aliphatic carbocycles. The Hall–Kier alpha value is -0.870. The van der Waals surface area contributed by atoms with Gasteiger partial charge in [0.1, 0.15) is 0 Å². The Balaban J connectivity index is 3.22. The molecule has 0 saturated heterocycles. The van der Waals surface area contributed by atoms with Gasteiger partial charge in [0.05, 0.1) is 15.6 Å². The van der Waals surface area contributed by atoms with Gasteiger partial charge in [0, 0.05) is 0 Å². The molecule has 1 aromatic carbocycles. The molecule has 14 heavy (non-hydrogen) atoms. The molecule has 0 bridgehead atoms. The lowest BCUT2D eigenvalue weighted by Crippen LogP contribution is -2.05. The van der Waals surface area contributed by atoms with Crippen LogP contribution in [0.4, 0.5) is 8.78 Å². The first-order valence-corrected chi connectivity index (χ1v) is 4.20. The van der Waals surface area contributed by atoms with Crippen molar-refractivity contribution in [2.75, 3.05) is 0 Å². The Labute approximate surface area is 88.4 Å². The van der Waals surface area contributed by atoms with E-state index in [0.29, 0.717) is 6.29 Å². The van der Waals surface area contributed by atoms with E-state index in [0.717, 1.165) is 0 Å². The number of alkyl halides is 2. The van der Waals surface area contributed by atoms with E-state index in [9.17, 15) is 13.6 Å². The first-order valence-electron chi connectivity index (χ1n) is 3.44. The first-order chi connectivity index (χ1) is 6.56. The average molecular weight is 241 g/mol. The smallest absolute Gasteiger partial charge is 0.387 e. The number of carbonyl (C=O) groups is 1. The van der Waals surface area contributed by atoms with Crippen LogP contribution < -0.4 is 4.74 Å². The van der Waals surface area contributed by atoms with Gasteiger partial charge >= 0.3 is 6.61 Å². The zero-order valence-corrected chi connectivity index (χ0v) is 8.15. The van der Waals surface area contributed by atoms with Gasteiger partial charge in [-0.15, -0.1) is 0 Å². The third-order valence-electron chi connectivity index (χ3n) is 1.42. The van der Waals surface area contributed by atoms with Crippen LogP contribution in [0.5, 0.6) is 5.75 Å². The van der Waals surface area contributed by atoms with Gasteiger partial charge in [-0.05, 0) is 12.1 Å². The van der Waals surface area contributed by atoms with Crippen LogP contribution in [0.25, 0.3) is 0 Å². The summed E-state index contributed by atoms with van der Waals surface area (Å²) in [5, 5.41) is -0.0724. The molecule has 1 rings (SSSR count). The fourth-order valence-corrected chi connectivity index (χ4v) is 1.27. The Morgan fingerprint density at radius 2 is 1.86 bits per heavy atom. The van der Waals surface area contributed by atoms with Crippen molar-refractivity contribution >= 4 is 29.5 Å². The quantitative estimate of drug-likeness (QED) is 0.758. The SMILES string of the molecule is O=Cc1c(Cl)ccc(Cl)c1OC(F)F. The fourth-order valence-electron chi connectivity index (χ4n) is 0.868.